The Morgan fingerprint density at radius 3 is 2.62 bits per heavy atom. The number of alkyl halides is 3. The molecule has 1 N–H and O–H groups in total. The van der Waals surface area contributed by atoms with E-state index in [1.54, 1.807) is 30.3 Å². The molecule has 6 nitrogen and oxygen atoms in total. The van der Waals surface area contributed by atoms with E-state index in [9.17, 15) is 27.9 Å². The van der Waals surface area contributed by atoms with Gasteiger partial charge in [-0.15, -0.1) is 0 Å². The number of carbonyl (C=O) groups is 2. The Morgan fingerprint density at radius 1 is 1.16 bits per heavy atom. The molecular formula is C22H15ClF3N3O3. The van der Waals surface area contributed by atoms with Crippen LogP contribution in [0.25, 0.3) is 0 Å². The second kappa shape index (κ2) is 6.83. The topological polar surface area (TPSA) is 75.4 Å². The number of nitrogens with zero attached hydrogens (tertiary/aromatic N) is 3. The first-order chi connectivity index (χ1) is 15.1. The van der Waals surface area contributed by atoms with E-state index >= 15 is 0 Å². The Kier molecular flexibility index (Phi) is 4.39. The molecule has 2 aromatic carbocycles. The van der Waals surface area contributed by atoms with Gasteiger partial charge in [0.15, 0.2) is 0 Å². The van der Waals surface area contributed by atoms with Gasteiger partial charge in [-0.05, 0) is 53.8 Å². The van der Waals surface area contributed by atoms with E-state index in [2.05, 4.69) is 5.10 Å². The lowest BCUT2D eigenvalue weighted by Crippen LogP contribution is -2.39. The lowest BCUT2D eigenvalue weighted by Gasteiger charge is -2.23. The van der Waals surface area contributed by atoms with Gasteiger partial charge in [-0.1, -0.05) is 23.7 Å². The molecule has 10 heteroatoms. The summed E-state index contributed by atoms with van der Waals surface area (Å²) in [6.45, 7) is -1.27. The number of halogens is 4. The molecule has 2 heterocycles. The molecule has 1 aliphatic carbocycles. The molecule has 0 unspecified atom stereocenters. The molecule has 32 heavy (non-hydrogen) atoms. The zero-order valence-electron chi connectivity index (χ0n) is 16.4. The van der Waals surface area contributed by atoms with Crippen molar-refractivity contribution in [1.29, 1.82) is 0 Å². The molecule has 1 aliphatic heterocycles. The standard InChI is InChI=1S/C22H15ClF3N3O3/c23-15-3-4-17-18(6-15)29(16-9-27-28(10-16)11-22(24,25)26)20(32)21(17)7-13-2-1-12(19(30)31)5-14(13)8-21/h1-6,9-10H,7-8,11H2,(H,30,31)/t21-/m1/s1. The first-order valence-electron chi connectivity index (χ1n) is 9.66. The third-order valence-electron chi connectivity index (χ3n) is 5.99. The Morgan fingerprint density at radius 2 is 1.91 bits per heavy atom. The number of hydrogen-bond donors (Lipinski definition) is 1. The van der Waals surface area contributed by atoms with Crippen molar-refractivity contribution in [2.24, 2.45) is 0 Å². The number of aromatic nitrogens is 2. The Balaban J connectivity index is 1.59. The van der Waals surface area contributed by atoms with Crippen LogP contribution in [0.2, 0.25) is 5.02 Å². The number of carboxylic acids is 1. The minimum absolute atomic E-state index is 0.132. The van der Waals surface area contributed by atoms with Gasteiger partial charge in [-0.2, -0.15) is 18.3 Å². The van der Waals surface area contributed by atoms with Crippen molar-refractivity contribution in [1.82, 2.24) is 9.78 Å². The molecule has 1 amide bonds. The summed E-state index contributed by atoms with van der Waals surface area (Å²) in [6.07, 6.45) is -1.42. The highest BCUT2D eigenvalue weighted by molar-refractivity contribution is 6.31. The van der Waals surface area contributed by atoms with Crippen molar-refractivity contribution in [2.75, 3.05) is 4.90 Å². The van der Waals surface area contributed by atoms with Crippen LogP contribution in [0, 0.1) is 0 Å². The number of benzene rings is 2. The fourth-order valence-corrected chi connectivity index (χ4v) is 4.84. The highest BCUT2D eigenvalue weighted by Gasteiger charge is 2.54. The molecule has 1 atom stereocenters. The van der Waals surface area contributed by atoms with Crippen LogP contribution < -0.4 is 4.90 Å². The summed E-state index contributed by atoms with van der Waals surface area (Å²) in [5, 5.41) is 13.5. The van der Waals surface area contributed by atoms with Crippen LogP contribution >= 0.6 is 11.6 Å². The molecule has 1 aromatic heterocycles. The lowest BCUT2D eigenvalue weighted by atomic mass is 9.79. The zero-order chi connectivity index (χ0) is 22.8. The van der Waals surface area contributed by atoms with Crippen molar-refractivity contribution in [3.63, 3.8) is 0 Å². The predicted octanol–water partition coefficient (Wildman–Crippen LogP) is 4.51. The summed E-state index contributed by atoms with van der Waals surface area (Å²) in [5.74, 6) is -1.37. The van der Waals surface area contributed by atoms with Gasteiger partial charge in [0.2, 0.25) is 5.91 Å². The summed E-state index contributed by atoms with van der Waals surface area (Å²) in [4.78, 5) is 26.5. The number of hydrogen-bond acceptors (Lipinski definition) is 3. The maximum atomic E-state index is 13.8. The first kappa shape index (κ1) is 20.6. The van der Waals surface area contributed by atoms with Crippen molar-refractivity contribution >= 4 is 34.9 Å². The number of amides is 1. The van der Waals surface area contributed by atoms with E-state index in [0.717, 1.165) is 15.8 Å². The van der Waals surface area contributed by atoms with Crippen LogP contribution in [0.5, 0.6) is 0 Å². The molecule has 0 saturated carbocycles. The lowest BCUT2D eigenvalue weighted by molar-refractivity contribution is -0.142. The van der Waals surface area contributed by atoms with Crippen molar-refractivity contribution in [2.45, 2.75) is 31.0 Å². The second-order valence-corrected chi connectivity index (χ2v) is 8.47. The van der Waals surface area contributed by atoms with E-state index in [4.69, 9.17) is 11.6 Å². The van der Waals surface area contributed by atoms with Crippen LogP contribution in [-0.2, 0) is 29.6 Å². The number of rotatable bonds is 3. The molecule has 0 fully saturated rings. The number of carboxylic acid groups (broad SMARTS) is 1. The summed E-state index contributed by atoms with van der Waals surface area (Å²) in [7, 11) is 0. The van der Waals surface area contributed by atoms with E-state index in [-0.39, 0.29) is 23.6 Å². The molecule has 0 radical (unpaired) electrons. The van der Waals surface area contributed by atoms with Gasteiger partial charge in [-0.25, -0.2) is 4.79 Å². The van der Waals surface area contributed by atoms with Crippen LogP contribution in [0.15, 0.2) is 48.8 Å². The minimum atomic E-state index is -4.45. The summed E-state index contributed by atoms with van der Waals surface area (Å²) in [5.41, 5.74) is 2.15. The molecular weight excluding hydrogens is 447 g/mol. The number of anilines is 2. The van der Waals surface area contributed by atoms with Gasteiger partial charge in [0.05, 0.1) is 28.6 Å². The van der Waals surface area contributed by atoms with Gasteiger partial charge in [0.25, 0.3) is 0 Å². The molecule has 3 aromatic rings. The third-order valence-corrected chi connectivity index (χ3v) is 6.22. The normalized spacial score (nSPS) is 19.5. The maximum Gasteiger partial charge on any atom is 0.408 e. The van der Waals surface area contributed by atoms with E-state index in [1.807, 2.05) is 0 Å². The Bertz CT molecular complexity index is 1290. The summed E-state index contributed by atoms with van der Waals surface area (Å²) in [6, 6.07) is 9.80. The predicted molar refractivity (Wildman–Crippen MR) is 109 cm³/mol. The molecule has 164 valence electrons. The third kappa shape index (κ3) is 3.15. The number of aromatic carboxylic acids is 1. The van der Waals surface area contributed by atoms with Crippen LogP contribution in [0.3, 0.4) is 0 Å². The Labute approximate surface area is 184 Å². The SMILES string of the molecule is O=C(O)c1ccc2c(c1)C[C@@]1(C2)C(=O)N(c2cnn(CC(F)(F)F)c2)c2cc(Cl)ccc21. The quantitative estimate of drug-likeness (QED) is 0.622. The minimum Gasteiger partial charge on any atom is -0.478 e. The summed E-state index contributed by atoms with van der Waals surface area (Å²) >= 11 is 6.18. The van der Waals surface area contributed by atoms with Crippen LogP contribution in [-0.4, -0.2) is 32.9 Å². The largest absolute Gasteiger partial charge is 0.478 e. The van der Waals surface area contributed by atoms with Gasteiger partial charge >= 0.3 is 12.1 Å². The zero-order valence-corrected chi connectivity index (χ0v) is 17.1. The smallest absolute Gasteiger partial charge is 0.408 e. The van der Waals surface area contributed by atoms with Crippen LogP contribution in [0.1, 0.15) is 27.0 Å². The van der Waals surface area contributed by atoms with Gasteiger partial charge in [0, 0.05) is 11.2 Å². The maximum absolute atomic E-state index is 13.8. The fourth-order valence-electron chi connectivity index (χ4n) is 4.68. The fraction of sp³-hybridized carbons (Fsp3) is 0.227. The second-order valence-electron chi connectivity index (χ2n) is 8.04. The van der Waals surface area contributed by atoms with Crippen molar-refractivity contribution in [3.8, 4) is 0 Å². The number of fused-ring (bicyclic) bond motifs is 3. The highest BCUT2D eigenvalue weighted by Crippen LogP contribution is 2.52. The molecule has 5 rings (SSSR count). The molecule has 0 bridgehead atoms. The van der Waals surface area contributed by atoms with E-state index in [1.165, 1.54) is 23.4 Å². The van der Waals surface area contributed by atoms with E-state index < -0.39 is 24.1 Å². The number of carbonyl (C=O) groups excluding carboxylic acids is 1. The van der Waals surface area contributed by atoms with Crippen LogP contribution in [0.4, 0.5) is 24.5 Å². The van der Waals surface area contributed by atoms with Crippen molar-refractivity contribution in [3.05, 3.63) is 76.1 Å². The summed E-state index contributed by atoms with van der Waals surface area (Å²) < 4.78 is 39.1. The average Bonchev–Trinajstić information content (AvgIpc) is 3.36. The molecule has 1 spiro atoms. The highest BCUT2D eigenvalue weighted by atomic mass is 35.5. The van der Waals surface area contributed by atoms with E-state index in [0.29, 0.717) is 22.7 Å². The van der Waals surface area contributed by atoms with Gasteiger partial charge in [-0.3, -0.25) is 14.4 Å². The Hall–Kier alpha value is -3.33. The first-order valence-corrected chi connectivity index (χ1v) is 10.0. The monoisotopic (exact) mass is 461 g/mol. The van der Waals surface area contributed by atoms with Gasteiger partial charge in [0.1, 0.15) is 6.54 Å². The average molecular weight is 462 g/mol. The van der Waals surface area contributed by atoms with Gasteiger partial charge < -0.3 is 5.11 Å². The molecule has 0 saturated heterocycles. The molecule has 2 aliphatic rings. The van der Waals surface area contributed by atoms with Crippen molar-refractivity contribution < 1.29 is 27.9 Å².